The molecule has 1 aromatic carbocycles. The monoisotopic (exact) mass is 281 g/mol. The number of unbranched alkanes of at least 4 members (excludes halogenated alkanes) is 3. The molecule has 0 aromatic heterocycles. The number of phenols is 1. The Bertz CT molecular complexity index is 393. The summed E-state index contributed by atoms with van der Waals surface area (Å²) in [4.78, 5) is 0. The molecular formula is C17H28FNO. The molecule has 0 amide bonds. The lowest BCUT2D eigenvalue weighted by Crippen LogP contribution is -2.20. The van der Waals surface area contributed by atoms with Crippen LogP contribution >= 0.6 is 0 Å². The van der Waals surface area contributed by atoms with Gasteiger partial charge in [0.2, 0.25) is 0 Å². The summed E-state index contributed by atoms with van der Waals surface area (Å²) in [5.74, 6) is 0.431. The minimum absolute atomic E-state index is 0.0296. The van der Waals surface area contributed by atoms with E-state index in [9.17, 15) is 9.50 Å². The van der Waals surface area contributed by atoms with Crippen molar-refractivity contribution < 1.29 is 9.50 Å². The molecule has 114 valence electrons. The number of halogens is 1. The fraction of sp³-hybridized carbons (Fsp3) is 0.647. The van der Waals surface area contributed by atoms with Crippen molar-refractivity contribution >= 4 is 0 Å². The zero-order valence-electron chi connectivity index (χ0n) is 13.0. The van der Waals surface area contributed by atoms with E-state index in [-0.39, 0.29) is 11.8 Å². The van der Waals surface area contributed by atoms with E-state index in [4.69, 9.17) is 0 Å². The van der Waals surface area contributed by atoms with E-state index >= 15 is 0 Å². The van der Waals surface area contributed by atoms with Gasteiger partial charge in [0, 0.05) is 17.7 Å². The minimum Gasteiger partial charge on any atom is -0.508 e. The van der Waals surface area contributed by atoms with Crippen LogP contribution in [-0.4, -0.2) is 11.7 Å². The van der Waals surface area contributed by atoms with E-state index in [0.29, 0.717) is 0 Å². The highest BCUT2D eigenvalue weighted by Gasteiger charge is 2.10. The quantitative estimate of drug-likeness (QED) is 0.638. The number of benzene rings is 1. The van der Waals surface area contributed by atoms with Crippen LogP contribution in [0, 0.1) is 11.7 Å². The second kappa shape index (κ2) is 8.96. The predicted octanol–water partition coefficient (Wildman–Crippen LogP) is 4.79. The largest absolute Gasteiger partial charge is 0.508 e. The summed E-state index contributed by atoms with van der Waals surface area (Å²) in [6, 6.07) is 4.25. The lowest BCUT2D eigenvalue weighted by molar-refractivity contribution is 0.444. The van der Waals surface area contributed by atoms with E-state index in [1.165, 1.54) is 37.8 Å². The predicted molar refractivity (Wildman–Crippen MR) is 82.4 cm³/mol. The summed E-state index contributed by atoms with van der Waals surface area (Å²) in [7, 11) is 0. The van der Waals surface area contributed by atoms with Crippen LogP contribution in [-0.2, 0) is 0 Å². The van der Waals surface area contributed by atoms with Gasteiger partial charge < -0.3 is 10.4 Å². The van der Waals surface area contributed by atoms with Gasteiger partial charge in [-0.15, -0.1) is 0 Å². The summed E-state index contributed by atoms with van der Waals surface area (Å²) in [5, 5.41) is 13.1. The van der Waals surface area contributed by atoms with Crippen molar-refractivity contribution in [1.29, 1.82) is 0 Å². The van der Waals surface area contributed by atoms with Gasteiger partial charge in [-0.05, 0) is 31.9 Å². The molecule has 20 heavy (non-hydrogen) atoms. The zero-order valence-corrected chi connectivity index (χ0v) is 13.0. The Kier molecular flexibility index (Phi) is 7.60. The molecule has 0 radical (unpaired) electrons. The molecule has 2 N–H and O–H groups in total. The molecule has 0 saturated carbocycles. The first-order valence-electron chi connectivity index (χ1n) is 7.72. The summed E-state index contributed by atoms with van der Waals surface area (Å²) in [5.41, 5.74) is 0.756. The average molecular weight is 281 g/mol. The van der Waals surface area contributed by atoms with Crippen LogP contribution in [0.2, 0.25) is 0 Å². The fourth-order valence-electron chi connectivity index (χ4n) is 2.34. The first-order valence-corrected chi connectivity index (χ1v) is 7.72. The molecule has 0 aliphatic heterocycles. The lowest BCUT2D eigenvalue weighted by atomic mass is 10.0. The first kappa shape index (κ1) is 17.0. The molecule has 1 atom stereocenters. The molecule has 0 saturated heterocycles. The Morgan fingerprint density at radius 3 is 2.45 bits per heavy atom. The number of hydrogen-bond acceptors (Lipinski definition) is 2. The van der Waals surface area contributed by atoms with Gasteiger partial charge in [-0.1, -0.05) is 45.6 Å². The molecule has 0 heterocycles. The van der Waals surface area contributed by atoms with Crippen molar-refractivity contribution in [3.63, 3.8) is 0 Å². The van der Waals surface area contributed by atoms with Crippen molar-refractivity contribution in [2.45, 2.75) is 58.9 Å². The number of rotatable bonds is 9. The summed E-state index contributed by atoms with van der Waals surface area (Å²) >= 11 is 0. The summed E-state index contributed by atoms with van der Waals surface area (Å²) in [6.07, 6.45) is 6.29. The highest BCUT2D eigenvalue weighted by molar-refractivity contribution is 5.34. The molecule has 0 spiro atoms. The molecule has 0 aliphatic rings. The number of nitrogens with one attached hydrogen (secondary N) is 1. The summed E-state index contributed by atoms with van der Waals surface area (Å²) < 4.78 is 12.9. The van der Waals surface area contributed by atoms with Gasteiger partial charge in [-0.2, -0.15) is 0 Å². The maximum atomic E-state index is 12.9. The number of phenolic OH excluding ortho intramolecular Hbond substituents is 1. The summed E-state index contributed by atoms with van der Waals surface area (Å²) in [6.45, 7) is 7.45. The SMILES string of the molecule is CC(C)CCCCCCNC(C)c1ccc(F)cc1O. The maximum Gasteiger partial charge on any atom is 0.126 e. The second-order valence-electron chi connectivity index (χ2n) is 5.98. The molecule has 3 heteroatoms. The Balaban J connectivity index is 2.18. The van der Waals surface area contributed by atoms with E-state index < -0.39 is 5.82 Å². The Morgan fingerprint density at radius 1 is 1.10 bits per heavy atom. The van der Waals surface area contributed by atoms with Gasteiger partial charge in [0.25, 0.3) is 0 Å². The van der Waals surface area contributed by atoms with Gasteiger partial charge in [0.1, 0.15) is 11.6 Å². The Hall–Kier alpha value is -1.09. The maximum absolute atomic E-state index is 12.9. The lowest BCUT2D eigenvalue weighted by Gasteiger charge is -2.15. The van der Waals surface area contributed by atoms with Crippen molar-refractivity contribution in [3.8, 4) is 5.75 Å². The third kappa shape index (κ3) is 6.38. The first-order chi connectivity index (χ1) is 9.50. The third-order valence-corrected chi connectivity index (χ3v) is 3.62. The van der Waals surface area contributed by atoms with Crippen LogP contribution in [0.1, 0.15) is 64.5 Å². The number of hydrogen-bond donors (Lipinski definition) is 2. The van der Waals surface area contributed by atoms with Gasteiger partial charge in [-0.3, -0.25) is 0 Å². The molecule has 1 aromatic rings. The van der Waals surface area contributed by atoms with Gasteiger partial charge in [0.05, 0.1) is 0 Å². The van der Waals surface area contributed by atoms with Crippen molar-refractivity contribution in [2.75, 3.05) is 6.54 Å². The smallest absolute Gasteiger partial charge is 0.126 e. The van der Waals surface area contributed by atoms with Crippen LogP contribution in [0.3, 0.4) is 0 Å². The van der Waals surface area contributed by atoms with Crippen molar-refractivity contribution in [2.24, 2.45) is 5.92 Å². The van der Waals surface area contributed by atoms with E-state index in [2.05, 4.69) is 19.2 Å². The molecule has 2 nitrogen and oxygen atoms in total. The van der Waals surface area contributed by atoms with Crippen LogP contribution in [0.4, 0.5) is 4.39 Å². The molecule has 1 unspecified atom stereocenters. The number of aromatic hydroxyl groups is 1. The van der Waals surface area contributed by atoms with E-state index in [1.807, 2.05) is 6.92 Å². The fourth-order valence-corrected chi connectivity index (χ4v) is 2.34. The zero-order chi connectivity index (χ0) is 15.0. The van der Waals surface area contributed by atoms with E-state index in [0.717, 1.165) is 24.4 Å². The molecule has 1 rings (SSSR count). The van der Waals surface area contributed by atoms with Crippen LogP contribution in [0.25, 0.3) is 0 Å². The van der Waals surface area contributed by atoms with Crippen LogP contribution in [0.5, 0.6) is 5.75 Å². The standard InChI is InChI=1S/C17H28FNO/c1-13(2)8-6-4-5-7-11-19-14(3)16-10-9-15(18)12-17(16)20/h9-10,12-14,19-20H,4-8,11H2,1-3H3. The topological polar surface area (TPSA) is 32.3 Å². The molecule has 0 fully saturated rings. The highest BCUT2D eigenvalue weighted by Crippen LogP contribution is 2.24. The van der Waals surface area contributed by atoms with E-state index in [1.54, 1.807) is 6.07 Å². The van der Waals surface area contributed by atoms with Gasteiger partial charge in [-0.25, -0.2) is 4.39 Å². The Labute approximate surface area is 122 Å². The second-order valence-corrected chi connectivity index (χ2v) is 5.98. The van der Waals surface area contributed by atoms with Gasteiger partial charge >= 0.3 is 0 Å². The average Bonchev–Trinajstić information content (AvgIpc) is 2.37. The normalized spacial score (nSPS) is 12.8. The van der Waals surface area contributed by atoms with Gasteiger partial charge in [0.15, 0.2) is 0 Å². The molecular weight excluding hydrogens is 253 g/mol. The highest BCUT2D eigenvalue weighted by atomic mass is 19.1. The van der Waals surface area contributed by atoms with Crippen LogP contribution in [0.15, 0.2) is 18.2 Å². The van der Waals surface area contributed by atoms with Crippen molar-refractivity contribution in [3.05, 3.63) is 29.6 Å². The molecule has 0 aliphatic carbocycles. The third-order valence-electron chi connectivity index (χ3n) is 3.62. The Morgan fingerprint density at radius 2 is 1.80 bits per heavy atom. The van der Waals surface area contributed by atoms with Crippen molar-refractivity contribution in [1.82, 2.24) is 5.32 Å². The molecule has 0 bridgehead atoms. The van der Waals surface area contributed by atoms with Crippen LogP contribution < -0.4 is 5.32 Å². The minimum atomic E-state index is -0.399.